The van der Waals surface area contributed by atoms with E-state index in [-0.39, 0.29) is 23.9 Å². The van der Waals surface area contributed by atoms with E-state index < -0.39 is 0 Å². The van der Waals surface area contributed by atoms with Crippen molar-refractivity contribution in [3.8, 4) is 11.4 Å². The average molecular weight is 445 g/mol. The Morgan fingerprint density at radius 1 is 1.29 bits per heavy atom. The van der Waals surface area contributed by atoms with Gasteiger partial charge in [-0.25, -0.2) is 0 Å². The molecule has 0 unspecified atom stereocenters. The molecule has 7 heteroatoms. The van der Waals surface area contributed by atoms with Crippen molar-refractivity contribution in [2.75, 3.05) is 0 Å². The van der Waals surface area contributed by atoms with Crippen LogP contribution in [-0.2, 0) is 11.3 Å². The van der Waals surface area contributed by atoms with Crippen molar-refractivity contribution in [3.63, 3.8) is 0 Å². The third-order valence-electron chi connectivity index (χ3n) is 7.11. The SMILES string of the molecule is CC[C@H](C)NC(=O)[C@@H]1C[C@H](C)N(Cc2nc(-c3ccc(Cl)cc3)no2)[C@@H]2CCCC[C@H]21. The fraction of sp³-hybridized carbons (Fsp3) is 0.625. The molecule has 2 aromatic rings. The predicted molar refractivity (Wildman–Crippen MR) is 121 cm³/mol. The van der Waals surface area contributed by atoms with Crippen molar-refractivity contribution < 1.29 is 9.32 Å². The van der Waals surface area contributed by atoms with E-state index in [1.807, 2.05) is 24.3 Å². The minimum atomic E-state index is 0.0952. The van der Waals surface area contributed by atoms with E-state index in [1.54, 1.807) is 0 Å². The number of carbonyl (C=O) groups excluding carboxylic acids is 1. The molecule has 1 amide bonds. The third kappa shape index (κ3) is 4.96. The maximum absolute atomic E-state index is 13.0. The quantitative estimate of drug-likeness (QED) is 0.673. The number of hydrogen-bond acceptors (Lipinski definition) is 5. The lowest BCUT2D eigenvalue weighted by atomic mass is 9.69. The van der Waals surface area contributed by atoms with Crippen molar-refractivity contribution in [3.05, 3.63) is 35.2 Å². The molecular formula is C24H33ClN4O2. The van der Waals surface area contributed by atoms with Gasteiger partial charge in [-0.3, -0.25) is 9.69 Å². The number of rotatable bonds is 6. The van der Waals surface area contributed by atoms with Gasteiger partial charge < -0.3 is 9.84 Å². The second-order valence-corrected chi connectivity index (χ2v) is 9.65. The fourth-order valence-corrected chi connectivity index (χ4v) is 5.37. The van der Waals surface area contributed by atoms with Crippen molar-refractivity contribution in [2.45, 2.75) is 84.0 Å². The molecule has 2 fully saturated rings. The van der Waals surface area contributed by atoms with Crippen LogP contribution in [0.15, 0.2) is 28.8 Å². The Labute approximate surface area is 189 Å². The van der Waals surface area contributed by atoms with E-state index in [4.69, 9.17) is 16.1 Å². The molecule has 1 N–H and O–H groups in total. The molecule has 1 saturated carbocycles. The molecule has 2 heterocycles. The van der Waals surface area contributed by atoms with Crippen LogP contribution in [0.4, 0.5) is 0 Å². The highest BCUT2D eigenvalue weighted by atomic mass is 35.5. The second kappa shape index (κ2) is 9.70. The zero-order chi connectivity index (χ0) is 22.0. The van der Waals surface area contributed by atoms with Crippen molar-refractivity contribution in [2.24, 2.45) is 11.8 Å². The first-order chi connectivity index (χ1) is 15.0. The van der Waals surface area contributed by atoms with Crippen LogP contribution in [-0.4, -0.2) is 39.1 Å². The average Bonchev–Trinajstić information content (AvgIpc) is 3.24. The number of fused-ring (bicyclic) bond motifs is 1. The first kappa shape index (κ1) is 22.3. The van der Waals surface area contributed by atoms with Gasteiger partial charge in [-0.1, -0.05) is 36.5 Å². The van der Waals surface area contributed by atoms with E-state index >= 15 is 0 Å². The molecule has 1 aromatic carbocycles. The summed E-state index contributed by atoms with van der Waals surface area (Å²) in [6.45, 7) is 7.05. The summed E-state index contributed by atoms with van der Waals surface area (Å²) in [4.78, 5) is 20.2. The normalized spacial score (nSPS) is 27.5. The topological polar surface area (TPSA) is 71.3 Å². The molecule has 5 atom stereocenters. The number of likely N-dealkylation sites (tertiary alicyclic amines) is 1. The summed E-state index contributed by atoms with van der Waals surface area (Å²) in [5.41, 5.74) is 0.892. The Balaban J connectivity index is 1.49. The largest absolute Gasteiger partial charge is 0.353 e. The fourth-order valence-electron chi connectivity index (χ4n) is 5.24. The van der Waals surface area contributed by atoms with E-state index in [1.165, 1.54) is 12.8 Å². The number of halogens is 1. The Kier molecular flexibility index (Phi) is 6.97. The summed E-state index contributed by atoms with van der Waals surface area (Å²) in [6.07, 6.45) is 6.50. The van der Waals surface area contributed by atoms with Gasteiger partial charge in [0.05, 0.1) is 6.54 Å². The number of nitrogens with zero attached hydrogens (tertiary/aromatic N) is 3. The maximum Gasteiger partial charge on any atom is 0.241 e. The highest BCUT2D eigenvalue weighted by molar-refractivity contribution is 6.30. The zero-order valence-corrected chi connectivity index (χ0v) is 19.4. The van der Waals surface area contributed by atoms with Crippen LogP contribution in [0.3, 0.4) is 0 Å². The van der Waals surface area contributed by atoms with E-state index in [2.05, 4.69) is 41.1 Å². The van der Waals surface area contributed by atoms with Crippen LogP contribution < -0.4 is 5.32 Å². The first-order valence-electron chi connectivity index (χ1n) is 11.6. The highest BCUT2D eigenvalue weighted by Gasteiger charge is 2.45. The Morgan fingerprint density at radius 2 is 2.03 bits per heavy atom. The summed E-state index contributed by atoms with van der Waals surface area (Å²) < 4.78 is 5.61. The molecule has 0 bridgehead atoms. The molecule has 1 saturated heterocycles. The minimum Gasteiger partial charge on any atom is -0.353 e. The van der Waals surface area contributed by atoms with Crippen LogP contribution in [0.25, 0.3) is 11.4 Å². The smallest absolute Gasteiger partial charge is 0.241 e. The van der Waals surface area contributed by atoms with E-state index in [0.29, 0.717) is 35.2 Å². The van der Waals surface area contributed by atoms with E-state index in [9.17, 15) is 4.79 Å². The molecule has 1 aromatic heterocycles. The second-order valence-electron chi connectivity index (χ2n) is 9.22. The lowest BCUT2D eigenvalue weighted by molar-refractivity contribution is -0.134. The van der Waals surface area contributed by atoms with E-state index in [0.717, 1.165) is 31.2 Å². The minimum absolute atomic E-state index is 0.0952. The van der Waals surface area contributed by atoms with Gasteiger partial charge in [0.25, 0.3) is 0 Å². The van der Waals surface area contributed by atoms with Gasteiger partial charge in [0, 0.05) is 34.6 Å². The van der Waals surface area contributed by atoms with Gasteiger partial charge in [-0.2, -0.15) is 4.98 Å². The van der Waals surface area contributed by atoms with Crippen LogP contribution in [0.1, 0.15) is 65.2 Å². The van der Waals surface area contributed by atoms with Crippen molar-refractivity contribution in [1.29, 1.82) is 0 Å². The molecule has 1 aliphatic heterocycles. The molecule has 168 valence electrons. The number of benzene rings is 1. The molecule has 31 heavy (non-hydrogen) atoms. The van der Waals surface area contributed by atoms with Crippen LogP contribution in [0.2, 0.25) is 5.02 Å². The Morgan fingerprint density at radius 3 is 2.77 bits per heavy atom. The number of piperidine rings is 1. The molecule has 6 nitrogen and oxygen atoms in total. The molecule has 4 rings (SSSR count). The van der Waals surface area contributed by atoms with Crippen LogP contribution in [0.5, 0.6) is 0 Å². The summed E-state index contributed by atoms with van der Waals surface area (Å²) in [7, 11) is 0. The van der Waals surface area contributed by atoms with Crippen molar-refractivity contribution in [1.82, 2.24) is 20.4 Å². The third-order valence-corrected chi connectivity index (χ3v) is 7.36. The summed E-state index contributed by atoms with van der Waals surface area (Å²) in [6, 6.07) is 8.37. The highest BCUT2D eigenvalue weighted by Crippen LogP contribution is 2.42. The van der Waals surface area contributed by atoms with Gasteiger partial charge in [0.2, 0.25) is 17.6 Å². The first-order valence-corrected chi connectivity index (χ1v) is 12.0. The molecule has 0 radical (unpaired) electrons. The number of carbonyl (C=O) groups is 1. The monoisotopic (exact) mass is 444 g/mol. The summed E-state index contributed by atoms with van der Waals surface area (Å²) in [5.74, 6) is 1.94. The molecule has 2 aliphatic rings. The Bertz CT molecular complexity index is 884. The molecule has 1 aliphatic carbocycles. The van der Waals surface area contributed by atoms with Gasteiger partial charge in [0.1, 0.15) is 0 Å². The summed E-state index contributed by atoms with van der Waals surface area (Å²) in [5, 5.41) is 8.10. The van der Waals surface area contributed by atoms with Gasteiger partial charge in [-0.05, 0) is 69.7 Å². The number of amides is 1. The lowest BCUT2D eigenvalue weighted by Gasteiger charge is -2.50. The number of aromatic nitrogens is 2. The maximum atomic E-state index is 13.0. The van der Waals surface area contributed by atoms with Crippen molar-refractivity contribution >= 4 is 17.5 Å². The Hall–Kier alpha value is -1.92. The van der Waals surface area contributed by atoms with Gasteiger partial charge in [0.15, 0.2) is 0 Å². The summed E-state index contributed by atoms with van der Waals surface area (Å²) >= 11 is 5.98. The van der Waals surface area contributed by atoms with Crippen LogP contribution >= 0.6 is 11.6 Å². The van der Waals surface area contributed by atoms with Gasteiger partial charge in [-0.15, -0.1) is 0 Å². The molecule has 0 spiro atoms. The van der Waals surface area contributed by atoms with Crippen LogP contribution in [0, 0.1) is 11.8 Å². The number of hydrogen-bond donors (Lipinski definition) is 1. The predicted octanol–water partition coefficient (Wildman–Crippen LogP) is 5.07. The number of nitrogens with one attached hydrogen (secondary N) is 1. The molecular weight excluding hydrogens is 412 g/mol. The van der Waals surface area contributed by atoms with Gasteiger partial charge >= 0.3 is 0 Å². The lowest BCUT2D eigenvalue weighted by Crippen LogP contribution is -2.57. The standard InChI is InChI=1S/C24H33ClN4O2/c1-4-15(2)26-24(30)20-13-16(3)29(21-8-6-5-7-19(20)21)14-22-27-23(28-31-22)17-9-11-18(25)12-10-17/h9-12,15-16,19-21H,4-8,13-14H2,1-3H3,(H,26,30)/t15-,16-,19-,20+,21+/m0/s1. The zero-order valence-electron chi connectivity index (χ0n) is 18.7.